The molecule has 3 aliphatic carbocycles. The van der Waals surface area contributed by atoms with E-state index in [1.807, 2.05) is 0 Å². The third-order valence-electron chi connectivity index (χ3n) is 5.02. The molecule has 3 unspecified atom stereocenters. The number of aromatic amines is 1. The fourth-order valence-corrected chi connectivity index (χ4v) is 5.77. The lowest BCUT2D eigenvalue weighted by molar-refractivity contribution is 0.531. The van der Waals surface area contributed by atoms with Crippen LogP contribution < -0.4 is 10.6 Å². The normalized spacial score (nSPS) is 32.4. The van der Waals surface area contributed by atoms with Gasteiger partial charge in [0.1, 0.15) is 0 Å². The van der Waals surface area contributed by atoms with Crippen LogP contribution in [0.15, 0.2) is 30.4 Å². The maximum Gasteiger partial charge on any atom is 0.0429 e. The average Bonchev–Trinajstić information content (AvgIpc) is 3.04. The molecule has 0 spiro atoms. The highest BCUT2D eigenvalue weighted by Gasteiger charge is 2.40. The summed E-state index contributed by atoms with van der Waals surface area (Å²) in [6, 6.07) is 0. The number of H-pyrrole nitrogens is 1. The minimum absolute atomic E-state index is 0.657. The van der Waals surface area contributed by atoms with Crippen molar-refractivity contribution in [1.29, 1.82) is 0 Å². The first-order valence-corrected chi connectivity index (χ1v) is 8.43. The Balaban J connectivity index is 1.79. The summed E-state index contributed by atoms with van der Waals surface area (Å²) in [7, 11) is 0. The molecule has 0 saturated carbocycles. The van der Waals surface area contributed by atoms with E-state index in [0.29, 0.717) is 17.1 Å². The minimum atomic E-state index is 0.657. The van der Waals surface area contributed by atoms with Gasteiger partial charge in [0.05, 0.1) is 0 Å². The fraction of sp³-hybridized carbons (Fsp3) is 0.333. The summed E-state index contributed by atoms with van der Waals surface area (Å²) in [5, 5.41) is 3.60. The Bertz CT molecular complexity index is 790. The first-order chi connectivity index (χ1) is 9.92. The molecule has 20 heavy (non-hydrogen) atoms. The van der Waals surface area contributed by atoms with Crippen molar-refractivity contribution in [2.75, 3.05) is 0 Å². The molecule has 4 aliphatic rings. The van der Waals surface area contributed by atoms with E-state index < -0.39 is 0 Å². The quantitative estimate of drug-likeness (QED) is 0.772. The largest absolute Gasteiger partial charge is 0.355 e. The number of hydrogen-bond acceptors (Lipinski definition) is 1. The number of thioether (sulfide) groups is 1. The maximum absolute atomic E-state index is 3.64. The molecule has 1 nitrogen and oxygen atoms in total. The van der Waals surface area contributed by atoms with Gasteiger partial charge in [-0.15, -0.1) is 11.8 Å². The number of hydrogen-bond donors (Lipinski definition) is 1. The molecular formula is C18H17NS. The molecule has 5 rings (SSSR count). The standard InChI is InChI=1S/C18H17NS/c1-3-7-14-13(6-1)17-15(19-14)10-9-12-11-5-2-4-8-16(11)20-18(12)17/h2-5,7-8,10-12,16,19H,1,6,9H2. The van der Waals surface area contributed by atoms with Crippen LogP contribution in [0.4, 0.5) is 0 Å². The van der Waals surface area contributed by atoms with Crippen molar-refractivity contribution in [1.82, 2.24) is 4.98 Å². The van der Waals surface area contributed by atoms with Crippen molar-refractivity contribution in [3.05, 3.63) is 52.2 Å². The van der Waals surface area contributed by atoms with Crippen LogP contribution in [-0.4, -0.2) is 10.2 Å². The van der Waals surface area contributed by atoms with Crippen LogP contribution in [0.5, 0.6) is 0 Å². The van der Waals surface area contributed by atoms with Crippen molar-refractivity contribution < 1.29 is 0 Å². The predicted octanol–water partition coefficient (Wildman–Crippen LogP) is 2.74. The highest BCUT2D eigenvalue weighted by molar-refractivity contribution is 8.09. The van der Waals surface area contributed by atoms with Gasteiger partial charge in [0.15, 0.2) is 0 Å². The van der Waals surface area contributed by atoms with Crippen LogP contribution in [0.3, 0.4) is 0 Å². The zero-order valence-electron chi connectivity index (χ0n) is 11.3. The highest BCUT2D eigenvalue weighted by atomic mass is 32.2. The van der Waals surface area contributed by atoms with Gasteiger partial charge in [-0.2, -0.15) is 0 Å². The van der Waals surface area contributed by atoms with E-state index in [-0.39, 0.29) is 0 Å². The van der Waals surface area contributed by atoms with Gasteiger partial charge >= 0.3 is 0 Å². The van der Waals surface area contributed by atoms with Crippen molar-refractivity contribution in [2.45, 2.75) is 24.5 Å². The van der Waals surface area contributed by atoms with E-state index in [9.17, 15) is 0 Å². The van der Waals surface area contributed by atoms with Gasteiger partial charge in [-0.05, 0) is 35.8 Å². The van der Waals surface area contributed by atoms with Crippen LogP contribution in [0, 0.1) is 11.8 Å². The number of aromatic nitrogens is 1. The van der Waals surface area contributed by atoms with E-state index in [2.05, 4.69) is 59.3 Å². The lowest BCUT2D eigenvalue weighted by Crippen LogP contribution is -2.33. The Labute approximate surface area is 122 Å². The van der Waals surface area contributed by atoms with E-state index in [1.165, 1.54) is 30.3 Å². The summed E-state index contributed by atoms with van der Waals surface area (Å²) in [5.74, 6) is 1.42. The van der Waals surface area contributed by atoms with E-state index in [0.717, 1.165) is 0 Å². The molecule has 3 atom stereocenters. The third kappa shape index (κ3) is 1.40. The molecule has 1 aromatic heterocycles. The topological polar surface area (TPSA) is 15.8 Å². The van der Waals surface area contributed by atoms with Crippen LogP contribution in [0.25, 0.3) is 17.1 Å². The first-order valence-electron chi connectivity index (χ1n) is 7.55. The highest BCUT2D eigenvalue weighted by Crippen LogP contribution is 2.51. The molecule has 0 radical (unpaired) electrons. The van der Waals surface area contributed by atoms with Gasteiger partial charge in [0, 0.05) is 33.3 Å². The van der Waals surface area contributed by atoms with Crippen LogP contribution in [0.1, 0.15) is 24.1 Å². The number of fused-ring (bicyclic) bond motifs is 6. The Kier molecular flexibility index (Phi) is 2.28. The average molecular weight is 279 g/mol. The fourth-order valence-electron chi connectivity index (χ4n) is 4.09. The summed E-state index contributed by atoms with van der Waals surface area (Å²) < 4.78 is 0. The van der Waals surface area contributed by atoms with Crippen LogP contribution >= 0.6 is 11.8 Å². The predicted molar refractivity (Wildman–Crippen MR) is 86.5 cm³/mol. The van der Waals surface area contributed by atoms with E-state index >= 15 is 0 Å². The molecule has 0 aromatic carbocycles. The second kappa shape index (κ2) is 4.05. The van der Waals surface area contributed by atoms with Crippen LogP contribution in [0.2, 0.25) is 0 Å². The SMILES string of the molecule is C1=CC2SC3=c4c5c([nH]c4=CCC3C2C=C1)C=CCC5. The molecule has 1 saturated heterocycles. The van der Waals surface area contributed by atoms with Gasteiger partial charge in [-0.25, -0.2) is 0 Å². The summed E-state index contributed by atoms with van der Waals surface area (Å²) >= 11 is 2.11. The van der Waals surface area contributed by atoms with Gasteiger partial charge in [-0.3, -0.25) is 0 Å². The second-order valence-electron chi connectivity index (χ2n) is 6.09. The lowest BCUT2D eigenvalue weighted by atomic mass is 9.82. The van der Waals surface area contributed by atoms with Gasteiger partial charge in [0.2, 0.25) is 0 Å². The number of rotatable bonds is 0. The summed E-state index contributed by atoms with van der Waals surface area (Å²) in [6.45, 7) is 0. The summed E-state index contributed by atoms with van der Waals surface area (Å²) in [4.78, 5) is 5.29. The maximum atomic E-state index is 3.64. The van der Waals surface area contributed by atoms with Crippen LogP contribution in [-0.2, 0) is 6.42 Å². The van der Waals surface area contributed by atoms with E-state index in [1.54, 1.807) is 15.7 Å². The monoisotopic (exact) mass is 279 g/mol. The zero-order valence-corrected chi connectivity index (χ0v) is 12.1. The summed E-state index contributed by atoms with van der Waals surface area (Å²) in [5.41, 5.74) is 2.92. The zero-order chi connectivity index (χ0) is 13.1. The molecule has 0 amide bonds. The molecule has 100 valence electrons. The van der Waals surface area contributed by atoms with Crippen molar-refractivity contribution in [2.24, 2.45) is 11.8 Å². The second-order valence-corrected chi connectivity index (χ2v) is 7.31. The van der Waals surface area contributed by atoms with Gasteiger partial charge in [-0.1, -0.05) is 36.5 Å². The number of allylic oxidation sites excluding steroid dienone is 4. The minimum Gasteiger partial charge on any atom is -0.355 e. The summed E-state index contributed by atoms with van der Waals surface area (Å²) in [6.07, 6.45) is 19.8. The first kappa shape index (κ1) is 11.3. The Morgan fingerprint density at radius 3 is 3.15 bits per heavy atom. The molecule has 2 heteroatoms. The molecular weight excluding hydrogens is 262 g/mol. The van der Waals surface area contributed by atoms with Crippen molar-refractivity contribution in [3.63, 3.8) is 0 Å². The molecule has 1 fully saturated rings. The molecule has 1 aliphatic heterocycles. The van der Waals surface area contributed by atoms with Crippen molar-refractivity contribution in [3.8, 4) is 0 Å². The van der Waals surface area contributed by atoms with Gasteiger partial charge < -0.3 is 4.98 Å². The smallest absolute Gasteiger partial charge is 0.0429 e. The van der Waals surface area contributed by atoms with Crippen molar-refractivity contribution >= 4 is 28.8 Å². The van der Waals surface area contributed by atoms with E-state index in [4.69, 9.17) is 0 Å². The van der Waals surface area contributed by atoms with Gasteiger partial charge in [0.25, 0.3) is 0 Å². The lowest BCUT2D eigenvalue weighted by Gasteiger charge is -2.20. The molecule has 2 heterocycles. The Morgan fingerprint density at radius 1 is 1.20 bits per heavy atom. The molecule has 0 bridgehead atoms. The molecule has 1 aromatic rings. The Hall–Kier alpha value is -1.41. The molecule has 1 N–H and O–H groups in total. The number of nitrogens with one attached hydrogen (secondary N) is 1. The Morgan fingerprint density at radius 2 is 2.15 bits per heavy atom. The third-order valence-corrected chi connectivity index (χ3v) is 6.53.